The molecule has 0 bridgehead atoms. The van der Waals surface area contributed by atoms with Gasteiger partial charge < -0.3 is 0 Å². The second kappa shape index (κ2) is 5.91. The average molecular weight is 264 g/mol. The standard InChI is InChI=1S/C16H15F3/c17-16(18,19)15-11-5-10-14(12-15)9-4-8-13-6-2-1-3-7-13/h1-3,5-7,10-12H,4,8-9H2. The summed E-state index contributed by atoms with van der Waals surface area (Å²) in [6, 6.07) is 15.5. The minimum atomic E-state index is -4.25. The minimum Gasteiger partial charge on any atom is -0.166 e. The average Bonchev–Trinajstić information content (AvgIpc) is 2.39. The molecule has 2 aromatic carbocycles. The quantitative estimate of drug-likeness (QED) is 0.738. The Labute approximate surface area is 110 Å². The Bertz CT molecular complexity index is 515. The lowest BCUT2D eigenvalue weighted by Gasteiger charge is -2.08. The van der Waals surface area contributed by atoms with E-state index in [1.807, 2.05) is 30.3 Å². The maximum atomic E-state index is 12.6. The Hall–Kier alpha value is -1.77. The molecule has 0 fully saturated rings. The molecule has 0 nitrogen and oxygen atoms in total. The highest BCUT2D eigenvalue weighted by Gasteiger charge is 2.30. The van der Waals surface area contributed by atoms with Crippen molar-refractivity contribution in [3.05, 3.63) is 71.3 Å². The molecule has 2 rings (SSSR count). The van der Waals surface area contributed by atoms with Gasteiger partial charge in [-0.15, -0.1) is 0 Å². The zero-order valence-corrected chi connectivity index (χ0v) is 10.5. The summed E-state index contributed by atoms with van der Waals surface area (Å²) in [7, 11) is 0. The maximum absolute atomic E-state index is 12.6. The first kappa shape index (κ1) is 13.7. The summed E-state index contributed by atoms with van der Waals surface area (Å²) in [6.45, 7) is 0. The van der Waals surface area contributed by atoms with Crippen LogP contribution in [0.3, 0.4) is 0 Å². The normalized spacial score (nSPS) is 11.5. The summed E-state index contributed by atoms with van der Waals surface area (Å²) in [4.78, 5) is 0. The van der Waals surface area contributed by atoms with E-state index < -0.39 is 11.7 Å². The fourth-order valence-electron chi connectivity index (χ4n) is 2.04. The van der Waals surface area contributed by atoms with Gasteiger partial charge in [-0.3, -0.25) is 0 Å². The van der Waals surface area contributed by atoms with Gasteiger partial charge in [0.15, 0.2) is 0 Å². The number of rotatable bonds is 4. The number of alkyl halides is 3. The van der Waals surface area contributed by atoms with Crippen LogP contribution in [0.5, 0.6) is 0 Å². The molecule has 0 amide bonds. The molecule has 2 aromatic rings. The third-order valence-corrected chi connectivity index (χ3v) is 3.03. The first-order valence-corrected chi connectivity index (χ1v) is 6.26. The molecule has 0 saturated heterocycles. The van der Waals surface area contributed by atoms with Gasteiger partial charge in [0.1, 0.15) is 0 Å². The zero-order valence-electron chi connectivity index (χ0n) is 10.5. The van der Waals surface area contributed by atoms with Crippen LogP contribution < -0.4 is 0 Å². The molecule has 19 heavy (non-hydrogen) atoms. The number of hydrogen-bond donors (Lipinski definition) is 0. The van der Waals surface area contributed by atoms with Crippen LogP contribution in [0.15, 0.2) is 54.6 Å². The van der Waals surface area contributed by atoms with Gasteiger partial charge in [0.25, 0.3) is 0 Å². The Morgan fingerprint density at radius 3 is 2.05 bits per heavy atom. The number of aryl methyl sites for hydroxylation is 2. The molecule has 100 valence electrons. The van der Waals surface area contributed by atoms with Crippen LogP contribution in [0.2, 0.25) is 0 Å². The van der Waals surface area contributed by atoms with Crippen LogP contribution in [0.25, 0.3) is 0 Å². The van der Waals surface area contributed by atoms with Gasteiger partial charge in [-0.2, -0.15) is 13.2 Å². The maximum Gasteiger partial charge on any atom is 0.416 e. The van der Waals surface area contributed by atoms with E-state index >= 15 is 0 Å². The van der Waals surface area contributed by atoms with Gasteiger partial charge in [-0.1, -0.05) is 48.5 Å². The van der Waals surface area contributed by atoms with Crippen molar-refractivity contribution in [1.82, 2.24) is 0 Å². The molecule has 0 spiro atoms. The van der Waals surface area contributed by atoms with Crippen molar-refractivity contribution < 1.29 is 13.2 Å². The number of hydrogen-bond acceptors (Lipinski definition) is 0. The van der Waals surface area contributed by atoms with E-state index in [4.69, 9.17) is 0 Å². The second-order valence-corrected chi connectivity index (χ2v) is 4.54. The van der Waals surface area contributed by atoms with Crippen molar-refractivity contribution in [2.75, 3.05) is 0 Å². The van der Waals surface area contributed by atoms with Gasteiger partial charge in [-0.05, 0) is 36.5 Å². The minimum absolute atomic E-state index is 0.565. The summed E-state index contributed by atoms with van der Waals surface area (Å²) in [5.41, 5.74) is 1.39. The van der Waals surface area contributed by atoms with Gasteiger partial charge in [0, 0.05) is 0 Å². The van der Waals surface area contributed by atoms with E-state index in [1.54, 1.807) is 6.07 Å². The van der Waals surface area contributed by atoms with Crippen LogP contribution in [0.4, 0.5) is 13.2 Å². The largest absolute Gasteiger partial charge is 0.416 e. The van der Waals surface area contributed by atoms with Crippen LogP contribution in [-0.4, -0.2) is 0 Å². The zero-order chi connectivity index (χ0) is 13.7. The highest BCUT2D eigenvalue weighted by molar-refractivity contribution is 5.26. The van der Waals surface area contributed by atoms with Crippen molar-refractivity contribution in [3.63, 3.8) is 0 Å². The van der Waals surface area contributed by atoms with Crippen LogP contribution in [0, 0.1) is 0 Å². The molecule has 0 unspecified atom stereocenters. The summed E-state index contributed by atoms with van der Waals surface area (Å²) in [5, 5.41) is 0. The van der Waals surface area contributed by atoms with Crippen molar-refractivity contribution in [2.45, 2.75) is 25.4 Å². The summed E-state index contributed by atoms with van der Waals surface area (Å²) < 4.78 is 37.7. The molecule has 0 aliphatic rings. The Morgan fingerprint density at radius 2 is 1.37 bits per heavy atom. The molecule has 3 heteroatoms. The summed E-state index contributed by atoms with van der Waals surface area (Å²) >= 11 is 0. The molecule has 0 radical (unpaired) electrons. The number of halogens is 3. The van der Waals surface area contributed by atoms with Crippen molar-refractivity contribution in [2.24, 2.45) is 0 Å². The number of benzene rings is 2. The smallest absolute Gasteiger partial charge is 0.166 e. The predicted octanol–water partition coefficient (Wildman–Crippen LogP) is 4.88. The Morgan fingerprint density at radius 1 is 0.737 bits per heavy atom. The van der Waals surface area contributed by atoms with Crippen LogP contribution in [0.1, 0.15) is 23.1 Å². The van der Waals surface area contributed by atoms with Gasteiger partial charge in [0.05, 0.1) is 5.56 Å². The fourth-order valence-corrected chi connectivity index (χ4v) is 2.04. The highest BCUT2D eigenvalue weighted by atomic mass is 19.4. The van der Waals surface area contributed by atoms with Gasteiger partial charge in [-0.25, -0.2) is 0 Å². The first-order valence-electron chi connectivity index (χ1n) is 6.26. The van der Waals surface area contributed by atoms with E-state index in [0.717, 1.165) is 24.5 Å². The van der Waals surface area contributed by atoms with Gasteiger partial charge in [0.2, 0.25) is 0 Å². The first-order chi connectivity index (χ1) is 9.05. The molecule has 0 heterocycles. The lowest BCUT2D eigenvalue weighted by Crippen LogP contribution is -2.05. The highest BCUT2D eigenvalue weighted by Crippen LogP contribution is 2.29. The Balaban J connectivity index is 1.93. The lowest BCUT2D eigenvalue weighted by molar-refractivity contribution is -0.137. The van der Waals surface area contributed by atoms with Crippen LogP contribution in [-0.2, 0) is 19.0 Å². The molecule has 0 aromatic heterocycles. The van der Waals surface area contributed by atoms with Crippen molar-refractivity contribution >= 4 is 0 Å². The molecule has 0 saturated carbocycles. The third kappa shape index (κ3) is 4.12. The monoisotopic (exact) mass is 264 g/mol. The van der Waals surface area contributed by atoms with E-state index in [-0.39, 0.29) is 0 Å². The summed E-state index contributed by atoms with van der Waals surface area (Å²) in [5.74, 6) is 0. The van der Waals surface area contributed by atoms with Crippen molar-refractivity contribution in [1.29, 1.82) is 0 Å². The molecule has 0 atom stereocenters. The fraction of sp³-hybridized carbons (Fsp3) is 0.250. The molecular formula is C16H15F3. The van der Waals surface area contributed by atoms with E-state index in [1.165, 1.54) is 17.7 Å². The van der Waals surface area contributed by atoms with Gasteiger partial charge >= 0.3 is 6.18 Å². The molecule has 0 N–H and O–H groups in total. The molecule has 0 aliphatic heterocycles. The van der Waals surface area contributed by atoms with Crippen LogP contribution >= 0.6 is 0 Å². The second-order valence-electron chi connectivity index (χ2n) is 4.54. The van der Waals surface area contributed by atoms with E-state index in [2.05, 4.69) is 0 Å². The lowest BCUT2D eigenvalue weighted by atomic mass is 10.0. The summed E-state index contributed by atoms with van der Waals surface area (Å²) in [6.07, 6.45) is -1.85. The molecular weight excluding hydrogens is 249 g/mol. The van der Waals surface area contributed by atoms with E-state index in [0.29, 0.717) is 6.42 Å². The van der Waals surface area contributed by atoms with Crippen molar-refractivity contribution in [3.8, 4) is 0 Å². The third-order valence-electron chi connectivity index (χ3n) is 3.03. The topological polar surface area (TPSA) is 0 Å². The van der Waals surface area contributed by atoms with E-state index in [9.17, 15) is 13.2 Å². The molecule has 0 aliphatic carbocycles. The Kier molecular flexibility index (Phi) is 4.25. The predicted molar refractivity (Wildman–Crippen MR) is 69.9 cm³/mol. The SMILES string of the molecule is FC(F)(F)c1cccc(CCCc2ccccc2)c1.